The van der Waals surface area contributed by atoms with Crippen LogP contribution in [0.1, 0.15) is 35.8 Å². The van der Waals surface area contributed by atoms with Crippen LogP contribution >= 0.6 is 0 Å². The third-order valence-corrected chi connectivity index (χ3v) is 3.88. The Kier molecular flexibility index (Phi) is 4.02. The molecule has 2 aromatic rings. The van der Waals surface area contributed by atoms with Gasteiger partial charge in [0.25, 0.3) is 0 Å². The second-order valence-electron chi connectivity index (χ2n) is 5.46. The molecule has 0 N–H and O–H groups in total. The van der Waals surface area contributed by atoms with Crippen molar-refractivity contribution in [3.05, 3.63) is 53.9 Å². The molecule has 1 saturated heterocycles. The molecule has 1 atom stereocenters. The second-order valence-corrected chi connectivity index (χ2v) is 5.46. The zero-order valence-corrected chi connectivity index (χ0v) is 11.9. The largest absolute Gasteiger partial charge is 0.298 e. The molecule has 1 fully saturated rings. The Morgan fingerprint density at radius 1 is 1.20 bits per heavy atom. The minimum absolute atomic E-state index is 0.535. The minimum atomic E-state index is 0.535. The highest BCUT2D eigenvalue weighted by Gasteiger charge is 2.22. The molecule has 3 rings (SSSR count). The first-order chi connectivity index (χ1) is 9.81. The Labute approximate surface area is 119 Å². The van der Waals surface area contributed by atoms with Crippen LogP contribution in [-0.4, -0.2) is 32.9 Å². The molecular weight excluding hydrogens is 248 g/mol. The molecule has 0 bridgehead atoms. The van der Waals surface area contributed by atoms with Gasteiger partial charge in [-0.15, -0.1) is 0 Å². The Bertz CT molecular complexity index is 555. The highest BCUT2D eigenvalue weighted by Crippen LogP contribution is 2.26. The van der Waals surface area contributed by atoms with E-state index in [9.17, 15) is 0 Å². The number of rotatable bonds is 3. The van der Waals surface area contributed by atoms with Crippen molar-refractivity contribution in [1.29, 1.82) is 0 Å². The van der Waals surface area contributed by atoms with E-state index >= 15 is 0 Å². The van der Waals surface area contributed by atoms with Gasteiger partial charge in [-0.2, -0.15) is 0 Å². The molecule has 4 heteroatoms. The van der Waals surface area contributed by atoms with Gasteiger partial charge in [0, 0.05) is 43.3 Å². The molecule has 0 saturated carbocycles. The maximum absolute atomic E-state index is 4.59. The van der Waals surface area contributed by atoms with Crippen molar-refractivity contribution >= 4 is 0 Å². The molecule has 0 amide bonds. The average Bonchev–Trinajstić information content (AvgIpc) is 2.49. The highest BCUT2D eigenvalue weighted by molar-refractivity contribution is 5.12. The van der Waals surface area contributed by atoms with E-state index in [0.717, 1.165) is 18.9 Å². The van der Waals surface area contributed by atoms with E-state index < -0.39 is 0 Å². The minimum Gasteiger partial charge on any atom is -0.298 e. The number of likely N-dealkylation sites (tertiary alicyclic amines) is 1. The summed E-state index contributed by atoms with van der Waals surface area (Å²) in [7, 11) is 0. The Morgan fingerprint density at radius 2 is 2.05 bits per heavy atom. The van der Waals surface area contributed by atoms with E-state index in [1.165, 1.54) is 30.6 Å². The van der Waals surface area contributed by atoms with Crippen LogP contribution in [0.5, 0.6) is 0 Å². The molecule has 104 valence electrons. The fraction of sp³-hybridized carbons (Fsp3) is 0.438. The molecular formula is C16H20N4. The lowest BCUT2D eigenvalue weighted by Gasteiger charge is -2.32. The van der Waals surface area contributed by atoms with E-state index in [4.69, 9.17) is 0 Å². The summed E-state index contributed by atoms with van der Waals surface area (Å²) in [5.41, 5.74) is 2.52. The first kappa shape index (κ1) is 13.2. The lowest BCUT2D eigenvalue weighted by molar-refractivity contribution is 0.198. The third kappa shape index (κ3) is 3.20. The number of piperidine rings is 1. The first-order valence-corrected chi connectivity index (χ1v) is 7.22. The van der Waals surface area contributed by atoms with Gasteiger partial charge < -0.3 is 0 Å². The number of aromatic nitrogens is 3. The summed E-state index contributed by atoms with van der Waals surface area (Å²) in [6.45, 7) is 5.21. The predicted octanol–water partition coefficient (Wildman–Crippen LogP) is 2.56. The maximum Gasteiger partial charge on any atom is 0.125 e. The van der Waals surface area contributed by atoms with Crippen LogP contribution < -0.4 is 0 Å². The van der Waals surface area contributed by atoms with Crippen molar-refractivity contribution < 1.29 is 0 Å². The molecule has 0 radical (unpaired) electrons. The molecule has 3 heterocycles. The van der Waals surface area contributed by atoms with Crippen LogP contribution in [0.25, 0.3) is 0 Å². The molecule has 1 aliphatic heterocycles. The van der Waals surface area contributed by atoms with E-state index in [-0.39, 0.29) is 0 Å². The summed E-state index contributed by atoms with van der Waals surface area (Å²) < 4.78 is 0. The van der Waals surface area contributed by atoms with Gasteiger partial charge in [-0.1, -0.05) is 0 Å². The standard InChI is InChI=1S/C16H20N4/c1-13-18-9-6-16(19-13)15-3-2-10-20(12-15)11-14-4-7-17-8-5-14/h4-9,15H,2-3,10-12H2,1H3/t15-/m1/s1. The van der Waals surface area contributed by atoms with Gasteiger partial charge in [-0.25, -0.2) is 9.97 Å². The van der Waals surface area contributed by atoms with Crippen LogP contribution in [-0.2, 0) is 6.54 Å². The van der Waals surface area contributed by atoms with Gasteiger partial charge in [0.05, 0.1) is 0 Å². The fourth-order valence-electron chi connectivity index (χ4n) is 2.89. The molecule has 0 aliphatic carbocycles. The zero-order valence-electron chi connectivity index (χ0n) is 11.9. The molecule has 4 nitrogen and oxygen atoms in total. The zero-order chi connectivity index (χ0) is 13.8. The van der Waals surface area contributed by atoms with Crippen LogP contribution in [0.2, 0.25) is 0 Å². The molecule has 0 unspecified atom stereocenters. The van der Waals surface area contributed by atoms with Gasteiger partial charge in [0.2, 0.25) is 0 Å². The number of hydrogen-bond acceptors (Lipinski definition) is 4. The molecule has 20 heavy (non-hydrogen) atoms. The monoisotopic (exact) mass is 268 g/mol. The smallest absolute Gasteiger partial charge is 0.125 e. The van der Waals surface area contributed by atoms with E-state index in [0.29, 0.717) is 5.92 Å². The van der Waals surface area contributed by atoms with Crippen molar-refractivity contribution in [2.75, 3.05) is 13.1 Å². The molecule has 0 aromatic carbocycles. The van der Waals surface area contributed by atoms with E-state index in [2.05, 4.69) is 38.1 Å². The van der Waals surface area contributed by atoms with Crippen LogP contribution in [0.15, 0.2) is 36.8 Å². The van der Waals surface area contributed by atoms with Gasteiger partial charge in [0.1, 0.15) is 5.82 Å². The number of hydrogen-bond donors (Lipinski definition) is 0. The summed E-state index contributed by atoms with van der Waals surface area (Å²) in [6, 6.07) is 6.25. The van der Waals surface area contributed by atoms with Crippen LogP contribution in [0.3, 0.4) is 0 Å². The third-order valence-electron chi connectivity index (χ3n) is 3.88. The Morgan fingerprint density at radius 3 is 2.85 bits per heavy atom. The SMILES string of the molecule is Cc1nccc([C@@H]2CCCN(Cc3ccncc3)C2)n1. The molecule has 1 aliphatic rings. The molecule has 2 aromatic heterocycles. The number of aryl methyl sites for hydroxylation is 1. The van der Waals surface area contributed by atoms with Crippen molar-refractivity contribution in [3.8, 4) is 0 Å². The number of nitrogens with zero attached hydrogens (tertiary/aromatic N) is 4. The highest BCUT2D eigenvalue weighted by atomic mass is 15.1. The van der Waals surface area contributed by atoms with Crippen molar-refractivity contribution in [3.63, 3.8) is 0 Å². The normalized spacial score (nSPS) is 19.9. The lowest BCUT2D eigenvalue weighted by atomic mass is 9.94. The maximum atomic E-state index is 4.59. The average molecular weight is 268 g/mol. The quantitative estimate of drug-likeness (QED) is 0.858. The fourth-order valence-corrected chi connectivity index (χ4v) is 2.89. The summed E-state index contributed by atoms with van der Waals surface area (Å²) in [5.74, 6) is 1.40. The second kappa shape index (κ2) is 6.09. The van der Waals surface area contributed by atoms with Crippen molar-refractivity contribution in [1.82, 2.24) is 19.9 Å². The molecule has 0 spiro atoms. The lowest BCUT2D eigenvalue weighted by Crippen LogP contribution is -2.34. The van der Waals surface area contributed by atoms with Gasteiger partial charge in [-0.05, 0) is 50.1 Å². The van der Waals surface area contributed by atoms with Crippen LogP contribution in [0.4, 0.5) is 0 Å². The van der Waals surface area contributed by atoms with Gasteiger partial charge in [-0.3, -0.25) is 9.88 Å². The Balaban J connectivity index is 1.67. The van der Waals surface area contributed by atoms with Crippen LogP contribution in [0, 0.1) is 6.92 Å². The summed E-state index contributed by atoms with van der Waals surface area (Å²) in [5, 5.41) is 0. The summed E-state index contributed by atoms with van der Waals surface area (Å²) in [4.78, 5) is 15.4. The van der Waals surface area contributed by atoms with Crippen molar-refractivity contribution in [2.45, 2.75) is 32.2 Å². The summed E-state index contributed by atoms with van der Waals surface area (Å²) >= 11 is 0. The van der Waals surface area contributed by atoms with E-state index in [1.807, 2.05) is 25.5 Å². The first-order valence-electron chi connectivity index (χ1n) is 7.22. The van der Waals surface area contributed by atoms with Gasteiger partial charge in [0.15, 0.2) is 0 Å². The topological polar surface area (TPSA) is 41.9 Å². The van der Waals surface area contributed by atoms with E-state index in [1.54, 1.807) is 0 Å². The summed E-state index contributed by atoms with van der Waals surface area (Å²) in [6.07, 6.45) is 8.07. The van der Waals surface area contributed by atoms with Gasteiger partial charge >= 0.3 is 0 Å². The van der Waals surface area contributed by atoms with Crippen molar-refractivity contribution in [2.24, 2.45) is 0 Å². The predicted molar refractivity (Wildman–Crippen MR) is 78.3 cm³/mol. The Hall–Kier alpha value is -1.81. The number of pyridine rings is 1.